The van der Waals surface area contributed by atoms with Crippen LogP contribution in [0.1, 0.15) is 16.2 Å². The van der Waals surface area contributed by atoms with Gasteiger partial charge in [0.1, 0.15) is 23.3 Å². The SMILES string of the molecule is Cn1c(Cl)cnc1COc1ccc(Br)c(C(=O)O)c1. The highest BCUT2D eigenvalue weighted by atomic mass is 79.9. The molecule has 0 aliphatic heterocycles. The first-order valence-corrected chi connectivity index (χ1v) is 6.48. The van der Waals surface area contributed by atoms with Gasteiger partial charge in [-0.15, -0.1) is 0 Å². The van der Waals surface area contributed by atoms with Crippen LogP contribution in [0.2, 0.25) is 5.15 Å². The third-order valence-corrected chi connectivity index (χ3v) is 3.61. The zero-order valence-corrected chi connectivity index (χ0v) is 12.3. The monoisotopic (exact) mass is 344 g/mol. The molecule has 1 aromatic heterocycles. The Bertz CT molecular complexity index is 627. The second kappa shape index (κ2) is 5.63. The molecule has 2 aromatic rings. The zero-order valence-electron chi connectivity index (χ0n) is 9.93. The van der Waals surface area contributed by atoms with Crippen LogP contribution in [-0.2, 0) is 13.7 Å². The molecule has 0 radical (unpaired) electrons. The topological polar surface area (TPSA) is 64.4 Å². The molecule has 0 amide bonds. The molecule has 5 nitrogen and oxygen atoms in total. The van der Waals surface area contributed by atoms with E-state index in [9.17, 15) is 4.79 Å². The number of ether oxygens (including phenoxy) is 1. The minimum atomic E-state index is -1.02. The van der Waals surface area contributed by atoms with Gasteiger partial charge in [0, 0.05) is 11.5 Å². The maximum atomic E-state index is 11.0. The summed E-state index contributed by atoms with van der Waals surface area (Å²) in [5, 5.41) is 9.52. The molecule has 19 heavy (non-hydrogen) atoms. The van der Waals surface area contributed by atoms with Gasteiger partial charge in [0.15, 0.2) is 0 Å². The minimum absolute atomic E-state index is 0.148. The Labute approximate surface area is 122 Å². The number of hydrogen-bond acceptors (Lipinski definition) is 3. The van der Waals surface area contributed by atoms with Crippen molar-refractivity contribution in [2.75, 3.05) is 0 Å². The molecule has 0 spiro atoms. The van der Waals surface area contributed by atoms with Crippen molar-refractivity contribution in [2.24, 2.45) is 7.05 Å². The zero-order chi connectivity index (χ0) is 14.0. The first-order chi connectivity index (χ1) is 8.99. The number of carboxylic acids is 1. The van der Waals surface area contributed by atoms with Gasteiger partial charge in [-0.25, -0.2) is 9.78 Å². The Morgan fingerprint density at radius 3 is 2.89 bits per heavy atom. The summed E-state index contributed by atoms with van der Waals surface area (Å²) in [5.74, 6) is 0.0990. The van der Waals surface area contributed by atoms with Crippen molar-refractivity contribution >= 4 is 33.5 Å². The molecule has 2 rings (SSSR count). The summed E-state index contributed by atoms with van der Waals surface area (Å²) in [7, 11) is 1.78. The van der Waals surface area contributed by atoms with Gasteiger partial charge in [0.25, 0.3) is 0 Å². The van der Waals surface area contributed by atoms with Crippen LogP contribution in [-0.4, -0.2) is 20.6 Å². The van der Waals surface area contributed by atoms with Crippen molar-refractivity contribution in [1.29, 1.82) is 0 Å². The maximum absolute atomic E-state index is 11.0. The molecule has 0 fully saturated rings. The van der Waals surface area contributed by atoms with E-state index in [0.717, 1.165) is 0 Å². The molecule has 0 saturated heterocycles. The molecular weight excluding hydrogens is 336 g/mol. The Balaban J connectivity index is 2.14. The van der Waals surface area contributed by atoms with Gasteiger partial charge in [-0.05, 0) is 34.1 Å². The number of benzene rings is 1. The van der Waals surface area contributed by atoms with Gasteiger partial charge in [-0.3, -0.25) is 0 Å². The first-order valence-electron chi connectivity index (χ1n) is 5.30. The lowest BCUT2D eigenvalue weighted by Gasteiger charge is -2.08. The summed E-state index contributed by atoms with van der Waals surface area (Å²) < 4.78 is 7.71. The number of halogens is 2. The van der Waals surface area contributed by atoms with E-state index in [1.54, 1.807) is 23.7 Å². The van der Waals surface area contributed by atoms with E-state index in [0.29, 0.717) is 21.2 Å². The third kappa shape index (κ3) is 3.08. The second-order valence-electron chi connectivity index (χ2n) is 3.79. The number of hydrogen-bond donors (Lipinski definition) is 1. The highest BCUT2D eigenvalue weighted by molar-refractivity contribution is 9.10. The number of rotatable bonds is 4. The van der Waals surface area contributed by atoms with Crippen molar-refractivity contribution in [3.05, 3.63) is 45.4 Å². The molecule has 0 aliphatic rings. The molecule has 7 heteroatoms. The fraction of sp³-hybridized carbons (Fsp3) is 0.167. The largest absolute Gasteiger partial charge is 0.486 e. The van der Waals surface area contributed by atoms with Crippen LogP contribution in [0.25, 0.3) is 0 Å². The quantitative estimate of drug-likeness (QED) is 0.925. The summed E-state index contributed by atoms with van der Waals surface area (Å²) in [6.45, 7) is 0.212. The average molecular weight is 346 g/mol. The molecule has 0 atom stereocenters. The van der Waals surface area contributed by atoms with Crippen LogP contribution in [0.5, 0.6) is 5.75 Å². The Morgan fingerprint density at radius 2 is 2.32 bits per heavy atom. The molecule has 1 heterocycles. The van der Waals surface area contributed by atoms with E-state index in [2.05, 4.69) is 20.9 Å². The molecule has 0 aliphatic carbocycles. The van der Waals surface area contributed by atoms with E-state index in [1.165, 1.54) is 12.3 Å². The van der Waals surface area contributed by atoms with Gasteiger partial charge in [-0.1, -0.05) is 11.6 Å². The first kappa shape index (κ1) is 13.9. The predicted octanol–water partition coefficient (Wildman–Crippen LogP) is 3.11. The normalized spacial score (nSPS) is 10.5. The van der Waals surface area contributed by atoms with Gasteiger partial charge in [0.2, 0.25) is 0 Å². The molecule has 1 aromatic carbocycles. The molecule has 1 N–H and O–H groups in total. The van der Waals surface area contributed by atoms with Crippen LogP contribution in [0.4, 0.5) is 0 Å². The molecule has 0 saturated carbocycles. The Hall–Kier alpha value is -1.53. The smallest absolute Gasteiger partial charge is 0.336 e. The third-order valence-electron chi connectivity index (χ3n) is 2.56. The number of aromatic carboxylic acids is 1. The molecule has 100 valence electrons. The molecular formula is C12H10BrClN2O3. The number of imidazole rings is 1. The number of nitrogens with zero attached hydrogens (tertiary/aromatic N) is 2. The Morgan fingerprint density at radius 1 is 1.58 bits per heavy atom. The lowest BCUT2D eigenvalue weighted by molar-refractivity contribution is 0.0695. The average Bonchev–Trinajstić information content (AvgIpc) is 2.69. The molecule has 0 bridgehead atoms. The summed E-state index contributed by atoms with van der Waals surface area (Å²) in [4.78, 5) is 15.1. The van der Waals surface area contributed by atoms with Crippen LogP contribution < -0.4 is 4.74 Å². The van der Waals surface area contributed by atoms with Gasteiger partial charge in [-0.2, -0.15) is 0 Å². The van der Waals surface area contributed by atoms with Crippen molar-refractivity contribution < 1.29 is 14.6 Å². The van der Waals surface area contributed by atoms with Crippen LogP contribution >= 0.6 is 27.5 Å². The lowest BCUT2D eigenvalue weighted by atomic mass is 10.2. The van der Waals surface area contributed by atoms with Crippen LogP contribution in [0.15, 0.2) is 28.9 Å². The van der Waals surface area contributed by atoms with Crippen LogP contribution in [0.3, 0.4) is 0 Å². The van der Waals surface area contributed by atoms with E-state index < -0.39 is 5.97 Å². The van der Waals surface area contributed by atoms with E-state index in [4.69, 9.17) is 21.4 Å². The Kier molecular flexibility index (Phi) is 4.11. The predicted molar refractivity (Wildman–Crippen MR) is 73.7 cm³/mol. The van der Waals surface area contributed by atoms with Crippen molar-refractivity contribution in [3.63, 3.8) is 0 Å². The van der Waals surface area contributed by atoms with Crippen LogP contribution in [0, 0.1) is 0 Å². The summed E-state index contributed by atoms with van der Waals surface area (Å²) >= 11 is 9.03. The van der Waals surface area contributed by atoms with Crippen molar-refractivity contribution in [2.45, 2.75) is 6.61 Å². The number of carboxylic acid groups (broad SMARTS) is 1. The van der Waals surface area contributed by atoms with E-state index in [-0.39, 0.29) is 12.2 Å². The highest BCUT2D eigenvalue weighted by Crippen LogP contribution is 2.23. The van der Waals surface area contributed by atoms with Crippen molar-refractivity contribution in [3.8, 4) is 5.75 Å². The highest BCUT2D eigenvalue weighted by Gasteiger charge is 2.10. The van der Waals surface area contributed by atoms with Gasteiger partial charge >= 0.3 is 5.97 Å². The number of carbonyl (C=O) groups is 1. The van der Waals surface area contributed by atoms with Gasteiger partial charge < -0.3 is 14.4 Å². The summed E-state index contributed by atoms with van der Waals surface area (Å²) in [5.41, 5.74) is 0.148. The fourth-order valence-electron chi connectivity index (χ4n) is 1.46. The van der Waals surface area contributed by atoms with E-state index >= 15 is 0 Å². The fourth-order valence-corrected chi connectivity index (χ4v) is 2.03. The second-order valence-corrected chi connectivity index (χ2v) is 5.03. The summed E-state index contributed by atoms with van der Waals surface area (Å²) in [6.07, 6.45) is 1.53. The van der Waals surface area contributed by atoms with E-state index in [1.807, 2.05) is 0 Å². The van der Waals surface area contributed by atoms with Crippen molar-refractivity contribution in [1.82, 2.24) is 9.55 Å². The molecule has 0 unspecified atom stereocenters. The van der Waals surface area contributed by atoms with Gasteiger partial charge in [0.05, 0.1) is 11.8 Å². The minimum Gasteiger partial charge on any atom is -0.486 e. The maximum Gasteiger partial charge on any atom is 0.336 e. The standard InChI is InChI=1S/C12H10BrClN2O3/c1-16-10(14)5-15-11(16)6-19-7-2-3-9(13)8(4-7)12(17)18/h2-5H,6H2,1H3,(H,17,18). The lowest BCUT2D eigenvalue weighted by Crippen LogP contribution is -2.04. The summed E-state index contributed by atoms with van der Waals surface area (Å²) in [6, 6.07) is 4.77. The number of aromatic nitrogens is 2.